The summed E-state index contributed by atoms with van der Waals surface area (Å²) < 4.78 is 15.1. The Kier molecular flexibility index (Phi) is 2.02. The number of fused-ring (bicyclic) bond motifs is 1. The average molecular weight is 192 g/mol. The third-order valence-corrected chi connectivity index (χ3v) is 2.34. The molecule has 1 aromatic heterocycles. The second-order valence-corrected chi connectivity index (χ2v) is 3.76. The van der Waals surface area contributed by atoms with E-state index >= 15 is 0 Å². The molecular weight excluding hydrogens is 179 g/mol. The Balaban J connectivity index is 2.79. The van der Waals surface area contributed by atoms with Crippen LogP contribution in [0.25, 0.3) is 11.0 Å². The first kappa shape index (κ1) is 9.19. The Bertz CT molecular complexity index is 471. The largest absolute Gasteiger partial charge is 0.326 e. The van der Waals surface area contributed by atoms with E-state index in [0.717, 1.165) is 16.9 Å². The van der Waals surface area contributed by atoms with Gasteiger partial charge in [0.25, 0.3) is 0 Å². The molecule has 2 aromatic rings. The average Bonchev–Trinajstić information content (AvgIpc) is 2.40. The molecular formula is C11H13FN2. The van der Waals surface area contributed by atoms with Gasteiger partial charge in [0.2, 0.25) is 0 Å². The number of halogens is 1. The summed E-state index contributed by atoms with van der Waals surface area (Å²) in [4.78, 5) is 4.37. The quantitative estimate of drug-likeness (QED) is 0.679. The van der Waals surface area contributed by atoms with Gasteiger partial charge in [-0.2, -0.15) is 0 Å². The predicted octanol–water partition coefficient (Wildman–Crippen LogP) is 3.06. The maximum atomic E-state index is 13.0. The monoisotopic (exact) mass is 192 g/mol. The molecule has 0 aliphatic rings. The minimum absolute atomic E-state index is 0.209. The van der Waals surface area contributed by atoms with Gasteiger partial charge in [-0.3, -0.25) is 0 Å². The number of benzene rings is 1. The second-order valence-electron chi connectivity index (χ2n) is 3.76. The van der Waals surface area contributed by atoms with Gasteiger partial charge in [0.15, 0.2) is 0 Å². The van der Waals surface area contributed by atoms with E-state index in [1.165, 1.54) is 12.1 Å². The summed E-state index contributed by atoms with van der Waals surface area (Å²) in [5.41, 5.74) is 1.73. The number of rotatable bonds is 1. The third kappa shape index (κ3) is 1.29. The van der Waals surface area contributed by atoms with Crippen LogP contribution in [0.1, 0.15) is 25.7 Å². The van der Waals surface area contributed by atoms with E-state index in [1.807, 2.05) is 11.5 Å². The molecule has 0 N–H and O–H groups in total. The number of imidazole rings is 1. The molecule has 14 heavy (non-hydrogen) atoms. The molecule has 74 valence electrons. The standard InChI is InChI=1S/C11H13FN2/c1-7(2)14-8(3)13-10-5-4-9(12)6-11(10)14/h4-7H,1-3H3. The van der Waals surface area contributed by atoms with Crippen LogP contribution in [0.2, 0.25) is 0 Å². The van der Waals surface area contributed by atoms with Gasteiger partial charge in [0.05, 0.1) is 11.0 Å². The van der Waals surface area contributed by atoms with Crippen molar-refractivity contribution in [1.29, 1.82) is 0 Å². The normalized spacial score (nSPS) is 11.5. The fourth-order valence-electron chi connectivity index (χ4n) is 1.84. The molecule has 0 saturated heterocycles. The highest BCUT2D eigenvalue weighted by molar-refractivity contribution is 5.76. The summed E-state index contributed by atoms with van der Waals surface area (Å²) in [7, 11) is 0. The number of aryl methyl sites for hydroxylation is 1. The summed E-state index contributed by atoms with van der Waals surface area (Å²) in [6.45, 7) is 6.08. The van der Waals surface area contributed by atoms with Crippen molar-refractivity contribution in [2.24, 2.45) is 0 Å². The molecule has 1 heterocycles. The van der Waals surface area contributed by atoms with Gasteiger partial charge in [0.1, 0.15) is 11.6 Å². The predicted molar refractivity (Wildman–Crippen MR) is 54.8 cm³/mol. The third-order valence-electron chi connectivity index (χ3n) is 2.34. The van der Waals surface area contributed by atoms with Crippen molar-refractivity contribution in [1.82, 2.24) is 9.55 Å². The van der Waals surface area contributed by atoms with Crippen LogP contribution >= 0.6 is 0 Å². The highest BCUT2D eigenvalue weighted by Crippen LogP contribution is 2.21. The number of aromatic nitrogens is 2. The van der Waals surface area contributed by atoms with Crippen LogP contribution in [0, 0.1) is 12.7 Å². The molecule has 0 atom stereocenters. The lowest BCUT2D eigenvalue weighted by Gasteiger charge is -2.10. The lowest BCUT2D eigenvalue weighted by atomic mass is 10.3. The SMILES string of the molecule is Cc1nc2ccc(F)cc2n1C(C)C. The number of hydrogen-bond acceptors (Lipinski definition) is 1. The molecule has 1 aromatic carbocycles. The fourth-order valence-corrected chi connectivity index (χ4v) is 1.84. The highest BCUT2D eigenvalue weighted by atomic mass is 19.1. The van der Waals surface area contributed by atoms with E-state index in [4.69, 9.17) is 0 Å². The summed E-state index contributed by atoms with van der Waals surface area (Å²) >= 11 is 0. The summed E-state index contributed by atoms with van der Waals surface area (Å²) in [5, 5.41) is 0. The number of nitrogens with zero attached hydrogens (tertiary/aromatic N) is 2. The molecule has 0 saturated carbocycles. The van der Waals surface area contributed by atoms with Crippen molar-refractivity contribution < 1.29 is 4.39 Å². The molecule has 0 unspecified atom stereocenters. The van der Waals surface area contributed by atoms with Crippen molar-refractivity contribution in [2.45, 2.75) is 26.8 Å². The molecule has 0 bridgehead atoms. The first-order chi connectivity index (χ1) is 6.59. The Morgan fingerprint density at radius 3 is 2.71 bits per heavy atom. The molecule has 0 amide bonds. The van der Waals surface area contributed by atoms with Crippen molar-refractivity contribution in [2.75, 3.05) is 0 Å². The van der Waals surface area contributed by atoms with Gasteiger partial charge in [0, 0.05) is 6.04 Å². The molecule has 0 radical (unpaired) electrons. The Labute approximate surface area is 82.4 Å². The van der Waals surface area contributed by atoms with E-state index in [0.29, 0.717) is 6.04 Å². The lowest BCUT2D eigenvalue weighted by molar-refractivity contribution is 0.595. The van der Waals surface area contributed by atoms with Crippen LogP contribution in [0.5, 0.6) is 0 Å². The topological polar surface area (TPSA) is 17.8 Å². The highest BCUT2D eigenvalue weighted by Gasteiger charge is 2.10. The molecule has 2 nitrogen and oxygen atoms in total. The van der Waals surface area contributed by atoms with Gasteiger partial charge >= 0.3 is 0 Å². The van der Waals surface area contributed by atoms with Gasteiger partial charge in [-0.05, 0) is 39.0 Å². The molecule has 0 aliphatic heterocycles. The molecule has 3 heteroatoms. The van der Waals surface area contributed by atoms with Crippen molar-refractivity contribution in [3.8, 4) is 0 Å². The number of hydrogen-bond donors (Lipinski definition) is 0. The minimum atomic E-state index is -0.209. The van der Waals surface area contributed by atoms with E-state index in [-0.39, 0.29) is 5.82 Å². The van der Waals surface area contributed by atoms with Crippen LogP contribution in [0.15, 0.2) is 18.2 Å². The van der Waals surface area contributed by atoms with Crippen LogP contribution in [0.4, 0.5) is 4.39 Å². The van der Waals surface area contributed by atoms with Crippen molar-refractivity contribution in [3.63, 3.8) is 0 Å². The zero-order chi connectivity index (χ0) is 10.3. The van der Waals surface area contributed by atoms with Gasteiger partial charge < -0.3 is 4.57 Å². The van der Waals surface area contributed by atoms with Crippen molar-refractivity contribution >= 4 is 11.0 Å². The smallest absolute Gasteiger partial charge is 0.125 e. The molecule has 0 fully saturated rings. The Morgan fingerprint density at radius 2 is 2.07 bits per heavy atom. The molecule has 2 rings (SSSR count). The van der Waals surface area contributed by atoms with E-state index in [1.54, 1.807) is 6.07 Å². The zero-order valence-corrected chi connectivity index (χ0v) is 8.58. The Hall–Kier alpha value is -1.38. The van der Waals surface area contributed by atoms with Crippen LogP contribution in [-0.2, 0) is 0 Å². The van der Waals surface area contributed by atoms with Gasteiger partial charge in [-0.15, -0.1) is 0 Å². The van der Waals surface area contributed by atoms with Crippen LogP contribution in [-0.4, -0.2) is 9.55 Å². The summed E-state index contributed by atoms with van der Waals surface area (Å²) in [5.74, 6) is 0.722. The van der Waals surface area contributed by atoms with Crippen LogP contribution < -0.4 is 0 Å². The van der Waals surface area contributed by atoms with Crippen LogP contribution in [0.3, 0.4) is 0 Å². The van der Waals surface area contributed by atoms with Crippen molar-refractivity contribution in [3.05, 3.63) is 29.8 Å². The van der Waals surface area contributed by atoms with Gasteiger partial charge in [-0.25, -0.2) is 9.37 Å². The Morgan fingerprint density at radius 1 is 1.36 bits per heavy atom. The molecule has 0 aliphatic carbocycles. The maximum Gasteiger partial charge on any atom is 0.125 e. The minimum Gasteiger partial charge on any atom is -0.326 e. The van der Waals surface area contributed by atoms with Gasteiger partial charge in [-0.1, -0.05) is 0 Å². The first-order valence-corrected chi connectivity index (χ1v) is 4.73. The van der Waals surface area contributed by atoms with E-state index in [9.17, 15) is 4.39 Å². The first-order valence-electron chi connectivity index (χ1n) is 4.73. The zero-order valence-electron chi connectivity index (χ0n) is 8.58. The van der Waals surface area contributed by atoms with E-state index < -0.39 is 0 Å². The van der Waals surface area contributed by atoms with E-state index in [2.05, 4.69) is 18.8 Å². The maximum absolute atomic E-state index is 13.0. The fraction of sp³-hybridized carbons (Fsp3) is 0.364. The summed E-state index contributed by atoms with van der Waals surface area (Å²) in [6, 6.07) is 5.01. The summed E-state index contributed by atoms with van der Waals surface area (Å²) in [6.07, 6.45) is 0. The molecule has 0 spiro atoms. The second kappa shape index (κ2) is 3.08. The lowest BCUT2D eigenvalue weighted by Crippen LogP contribution is -2.02.